The predicted octanol–water partition coefficient (Wildman–Crippen LogP) is 3.85. The number of nitrogens with one attached hydrogen (secondary N) is 2. The van der Waals surface area contributed by atoms with Crippen molar-refractivity contribution in [2.75, 3.05) is 16.8 Å². The Morgan fingerprint density at radius 1 is 0.970 bits per heavy atom. The fourth-order valence-corrected chi connectivity index (χ4v) is 4.95. The summed E-state index contributed by atoms with van der Waals surface area (Å²) in [7, 11) is -3.89. The second-order valence-electron chi connectivity index (χ2n) is 7.70. The van der Waals surface area contributed by atoms with Gasteiger partial charge in [0.1, 0.15) is 0 Å². The van der Waals surface area contributed by atoms with Crippen LogP contribution in [0.2, 0.25) is 5.02 Å². The standard InChI is InChI=1S/C24H22ClN3O4S/c1-16(27-33(31,32)21-12-8-19(25)9-13-21)23(29)26-20-10-6-18(7-11-20)24(30)28-15-14-17-4-2-3-5-22(17)28/h2-13,16,27H,14-15H2,1H3,(H,26,29)/t16-/m0/s1. The van der Waals surface area contributed by atoms with Crippen LogP contribution in [0.3, 0.4) is 0 Å². The van der Waals surface area contributed by atoms with E-state index in [1.807, 2.05) is 24.3 Å². The molecule has 3 aromatic carbocycles. The van der Waals surface area contributed by atoms with E-state index in [0.717, 1.165) is 17.7 Å². The Balaban J connectivity index is 1.39. The Morgan fingerprint density at radius 2 is 1.64 bits per heavy atom. The second-order valence-corrected chi connectivity index (χ2v) is 9.85. The van der Waals surface area contributed by atoms with E-state index in [2.05, 4.69) is 10.0 Å². The van der Waals surface area contributed by atoms with Crippen LogP contribution < -0.4 is 14.9 Å². The predicted molar refractivity (Wildman–Crippen MR) is 128 cm³/mol. The summed E-state index contributed by atoms with van der Waals surface area (Å²) >= 11 is 5.79. The van der Waals surface area contributed by atoms with Crippen LogP contribution in [0.5, 0.6) is 0 Å². The van der Waals surface area contributed by atoms with E-state index >= 15 is 0 Å². The molecule has 0 unspecified atom stereocenters. The smallest absolute Gasteiger partial charge is 0.258 e. The molecular weight excluding hydrogens is 462 g/mol. The molecule has 4 rings (SSSR count). The van der Waals surface area contributed by atoms with Crippen LogP contribution >= 0.6 is 11.6 Å². The summed E-state index contributed by atoms with van der Waals surface area (Å²) in [6, 6.07) is 19.0. The van der Waals surface area contributed by atoms with Crippen LogP contribution in [0.1, 0.15) is 22.8 Å². The molecule has 0 saturated carbocycles. The molecule has 9 heteroatoms. The number of nitrogens with zero attached hydrogens (tertiary/aromatic N) is 1. The molecule has 1 aliphatic rings. The summed E-state index contributed by atoms with van der Waals surface area (Å²) in [5.74, 6) is -0.637. The van der Waals surface area contributed by atoms with Crippen molar-refractivity contribution in [3.63, 3.8) is 0 Å². The number of carbonyl (C=O) groups excluding carboxylic acids is 2. The van der Waals surface area contributed by atoms with E-state index in [0.29, 0.717) is 22.8 Å². The Hall–Kier alpha value is -3.20. The summed E-state index contributed by atoms with van der Waals surface area (Å²) < 4.78 is 27.3. The first-order chi connectivity index (χ1) is 15.7. The molecule has 1 atom stereocenters. The summed E-state index contributed by atoms with van der Waals surface area (Å²) in [5.41, 5.74) is 3.02. The van der Waals surface area contributed by atoms with Gasteiger partial charge in [0.05, 0.1) is 10.9 Å². The first kappa shape index (κ1) is 23.0. The van der Waals surface area contributed by atoms with Gasteiger partial charge in [-0.2, -0.15) is 4.72 Å². The molecular formula is C24H22ClN3O4S. The Bertz CT molecular complexity index is 1290. The quantitative estimate of drug-likeness (QED) is 0.556. The highest BCUT2D eigenvalue weighted by Crippen LogP contribution is 2.29. The SMILES string of the molecule is C[C@H](NS(=O)(=O)c1ccc(Cl)cc1)C(=O)Nc1ccc(C(=O)N2CCc3ccccc32)cc1. The third-order valence-corrected chi connectivity index (χ3v) is 7.19. The summed E-state index contributed by atoms with van der Waals surface area (Å²) in [6.07, 6.45) is 0.819. The number of fused-ring (bicyclic) bond motifs is 1. The fraction of sp³-hybridized carbons (Fsp3) is 0.167. The molecule has 1 aliphatic heterocycles. The topological polar surface area (TPSA) is 95.6 Å². The van der Waals surface area contributed by atoms with E-state index < -0.39 is 22.0 Å². The number of benzene rings is 3. The largest absolute Gasteiger partial charge is 0.325 e. The lowest BCUT2D eigenvalue weighted by atomic mass is 10.1. The van der Waals surface area contributed by atoms with Crippen molar-refractivity contribution >= 4 is 44.8 Å². The summed E-state index contributed by atoms with van der Waals surface area (Å²) in [5, 5.41) is 3.08. The Kier molecular flexibility index (Phi) is 6.51. The van der Waals surface area contributed by atoms with Crippen LogP contribution in [0.15, 0.2) is 77.7 Å². The molecule has 3 aromatic rings. The highest BCUT2D eigenvalue weighted by atomic mass is 35.5. The average Bonchev–Trinajstić information content (AvgIpc) is 3.23. The molecule has 0 fully saturated rings. The van der Waals surface area contributed by atoms with Gasteiger partial charge in [0.15, 0.2) is 0 Å². The lowest BCUT2D eigenvalue weighted by Crippen LogP contribution is -2.41. The van der Waals surface area contributed by atoms with Crippen molar-refractivity contribution in [2.45, 2.75) is 24.3 Å². The Morgan fingerprint density at radius 3 is 2.33 bits per heavy atom. The summed E-state index contributed by atoms with van der Waals surface area (Å²) in [6.45, 7) is 2.08. The van der Waals surface area contributed by atoms with Crippen molar-refractivity contribution < 1.29 is 18.0 Å². The van der Waals surface area contributed by atoms with Gasteiger partial charge in [-0.3, -0.25) is 9.59 Å². The fourth-order valence-electron chi connectivity index (χ4n) is 3.62. The zero-order valence-corrected chi connectivity index (χ0v) is 19.4. The van der Waals surface area contributed by atoms with Gasteiger partial charge in [0.25, 0.3) is 5.91 Å². The molecule has 2 amide bonds. The van der Waals surface area contributed by atoms with E-state index in [-0.39, 0.29) is 10.8 Å². The summed E-state index contributed by atoms with van der Waals surface area (Å²) in [4.78, 5) is 27.2. The van der Waals surface area contributed by atoms with Crippen LogP contribution in [0.25, 0.3) is 0 Å². The van der Waals surface area contributed by atoms with E-state index in [1.165, 1.54) is 31.2 Å². The van der Waals surface area contributed by atoms with Gasteiger partial charge in [0, 0.05) is 28.5 Å². The van der Waals surface area contributed by atoms with Crippen molar-refractivity contribution in [1.82, 2.24) is 4.72 Å². The number of hydrogen-bond acceptors (Lipinski definition) is 4. The molecule has 1 heterocycles. The van der Waals surface area contributed by atoms with Crippen molar-refractivity contribution in [2.24, 2.45) is 0 Å². The van der Waals surface area contributed by atoms with Crippen LogP contribution in [-0.4, -0.2) is 32.8 Å². The zero-order valence-electron chi connectivity index (χ0n) is 17.8. The minimum Gasteiger partial charge on any atom is -0.325 e. The van der Waals surface area contributed by atoms with Gasteiger partial charge in [-0.15, -0.1) is 0 Å². The highest BCUT2D eigenvalue weighted by Gasteiger charge is 2.25. The number of rotatable bonds is 6. The third-order valence-electron chi connectivity index (χ3n) is 5.38. The van der Waals surface area contributed by atoms with Gasteiger partial charge in [-0.05, 0) is 73.5 Å². The Labute approximate surface area is 197 Å². The van der Waals surface area contributed by atoms with E-state index in [4.69, 9.17) is 11.6 Å². The molecule has 0 aliphatic carbocycles. The van der Waals surface area contributed by atoms with Crippen LogP contribution in [-0.2, 0) is 21.2 Å². The number of sulfonamides is 1. The van der Waals surface area contributed by atoms with Gasteiger partial charge in [-0.1, -0.05) is 29.8 Å². The average molecular weight is 484 g/mol. The zero-order chi connectivity index (χ0) is 23.6. The first-order valence-electron chi connectivity index (χ1n) is 10.3. The van der Waals surface area contributed by atoms with Crippen molar-refractivity contribution in [3.8, 4) is 0 Å². The number of hydrogen-bond donors (Lipinski definition) is 2. The van der Waals surface area contributed by atoms with Crippen LogP contribution in [0.4, 0.5) is 11.4 Å². The maximum atomic E-state index is 12.9. The van der Waals surface area contributed by atoms with Crippen LogP contribution in [0, 0.1) is 0 Å². The molecule has 33 heavy (non-hydrogen) atoms. The monoisotopic (exact) mass is 483 g/mol. The first-order valence-corrected chi connectivity index (χ1v) is 12.2. The maximum Gasteiger partial charge on any atom is 0.258 e. The molecule has 2 N–H and O–H groups in total. The normalized spacial score (nSPS) is 13.9. The lowest BCUT2D eigenvalue weighted by Gasteiger charge is -2.18. The number of amides is 2. The molecule has 0 bridgehead atoms. The molecule has 7 nitrogen and oxygen atoms in total. The number of para-hydroxylation sites is 1. The van der Waals surface area contributed by atoms with E-state index in [1.54, 1.807) is 29.2 Å². The minimum absolute atomic E-state index is 0.0119. The van der Waals surface area contributed by atoms with E-state index in [9.17, 15) is 18.0 Å². The minimum atomic E-state index is -3.89. The number of anilines is 2. The molecule has 0 saturated heterocycles. The van der Waals surface area contributed by atoms with Gasteiger partial charge >= 0.3 is 0 Å². The van der Waals surface area contributed by atoms with Gasteiger partial charge in [-0.25, -0.2) is 8.42 Å². The van der Waals surface area contributed by atoms with Gasteiger partial charge in [0.2, 0.25) is 15.9 Å². The second kappa shape index (κ2) is 9.35. The molecule has 0 aromatic heterocycles. The van der Waals surface area contributed by atoms with Gasteiger partial charge < -0.3 is 10.2 Å². The molecule has 0 spiro atoms. The van der Waals surface area contributed by atoms with Crippen molar-refractivity contribution in [1.29, 1.82) is 0 Å². The maximum absolute atomic E-state index is 12.9. The number of halogens is 1. The molecule has 170 valence electrons. The lowest BCUT2D eigenvalue weighted by molar-refractivity contribution is -0.117. The number of carbonyl (C=O) groups is 2. The highest BCUT2D eigenvalue weighted by molar-refractivity contribution is 7.89. The third kappa shape index (κ3) is 5.08. The van der Waals surface area contributed by atoms with Crippen molar-refractivity contribution in [3.05, 3.63) is 88.9 Å². The molecule has 0 radical (unpaired) electrons.